The lowest BCUT2D eigenvalue weighted by Crippen LogP contribution is -2.51. The van der Waals surface area contributed by atoms with Gasteiger partial charge in [0.1, 0.15) is 0 Å². The Kier molecular flexibility index (Phi) is 4.33. The molecule has 0 radical (unpaired) electrons. The van der Waals surface area contributed by atoms with E-state index in [9.17, 15) is 0 Å². The summed E-state index contributed by atoms with van der Waals surface area (Å²) < 4.78 is 5.77. The second kappa shape index (κ2) is 6.37. The molecule has 0 aliphatic carbocycles. The molecule has 0 amide bonds. The topological polar surface area (TPSA) is 27.7 Å². The number of anilines is 1. The smallest absolute Gasteiger partial charge is 0.0826 e. The highest BCUT2D eigenvalue weighted by molar-refractivity contribution is 5.46. The van der Waals surface area contributed by atoms with Crippen LogP contribution in [0.4, 0.5) is 5.69 Å². The maximum atomic E-state index is 5.77. The van der Waals surface area contributed by atoms with E-state index in [1.54, 1.807) is 0 Å². The van der Waals surface area contributed by atoms with Crippen LogP contribution in [0.5, 0.6) is 0 Å². The SMILES string of the molecule is c1ccc(N2CCN(C[C@@H]3CNCCO3)CC2)cc1. The third kappa shape index (κ3) is 3.47. The Labute approximate surface area is 115 Å². The van der Waals surface area contributed by atoms with Gasteiger partial charge in [0.15, 0.2) is 0 Å². The normalized spacial score (nSPS) is 25.5. The first kappa shape index (κ1) is 12.9. The summed E-state index contributed by atoms with van der Waals surface area (Å²) in [7, 11) is 0. The maximum absolute atomic E-state index is 5.77. The molecule has 2 aliphatic heterocycles. The van der Waals surface area contributed by atoms with Crippen molar-refractivity contribution in [3.05, 3.63) is 30.3 Å². The standard InChI is InChI=1S/C15H23N3O/c1-2-4-14(5-3-1)18-9-7-17(8-10-18)13-15-12-16-6-11-19-15/h1-5,15-16H,6-13H2/t15-/m0/s1. The van der Waals surface area contributed by atoms with E-state index in [0.717, 1.165) is 52.4 Å². The van der Waals surface area contributed by atoms with E-state index in [-0.39, 0.29) is 0 Å². The minimum Gasteiger partial charge on any atom is -0.374 e. The third-order valence-corrected chi connectivity index (χ3v) is 3.96. The van der Waals surface area contributed by atoms with Crippen molar-refractivity contribution in [2.45, 2.75) is 6.10 Å². The van der Waals surface area contributed by atoms with Crippen molar-refractivity contribution < 1.29 is 4.74 Å². The van der Waals surface area contributed by atoms with E-state index >= 15 is 0 Å². The minimum absolute atomic E-state index is 0.372. The van der Waals surface area contributed by atoms with Gasteiger partial charge in [-0.3, -0.25) is 4.90 Å². The number of ether oxygens (including phenoxy) is 1. The van der Waals surface area contributed by atoms with Crippen molar-refractivity contribution in [1.82, 2.24) is 10.2 Å². The highest BCUT2D eigenvalue weighted by Crippen LogP contribution is 2.15. The van der Waals surface area contributed by atoms with Crippen LogP contribution in [0.2, 0.25) is 0 Å². The number of piperazine rings is 1. The molecule has 4 nitrogen and oxygen atoms in total. The van der Waals surface area contributed by atoms with Gasteiger partial charge in [0.2, 0.25) is 0 Å². The van der Waals surface area contributed by atoms with Gasteiger partial charge in [-0.25, -0.2) is 0 Å². The first-order chi connectivity index (χ1) is 9.42. The third-order valence-electron chi connectivity index (χ3n) is 3.96. The van der Waals surface area contributed by atoms with Crippen LogP contribution < -0.4 is 10.2 Å². The average molecular weight is 261 g/mol. The molecule has 2 fully saturated rings. The number of nitrogens with one attached hydrogen (secondary N) is 1. The lowest BCUT2D eigenvalue weighted by Gasteiger charge is -2.38. The number of rotatable bonds is 3. The van der Waals surface area contributed by atoms with Crippen LogP contribution in [-0.4, -0.2) is 63.4 Å². The Morgan fingerprint density at radius 2 is 1.89 bits per heavy atom. The van der Waals surface area contributed by atoms with Crippen LogP contribution in [0.15, 0.2) is 30.3 Å². The van der Waals surface area contributed by atoms with E-state index in [1.165, 1.54) is 5.69 Å². The summed E-state index contributed by atoms with van der Waals surface area (Å²) in [6.07, 6.45) is 0.372. The average Bonchev–Trinajstić information content (AvgIpc) is 2.50. The molecule has 1 aromatic carbocycles. The van der Waals surface area contributed by atoms with E-state index in [2.05, 4.69) is 45.4 Å². The fraction of sp³-hybridized carbons (Fsp3) is 0.600. The van der Waals surface area contributed by atoms with E-state index in [4.69, 9.17) is 4.74 Å². The summed E-state index contributed by atoms with van der Waals surface area (Å²) in [6.45, 7) is 8.42. The van der Waals surface area contributed by atoms with Crippen LogP contribution >= 0.6 is 0 Å². The lowest BCUT2D eigenvalue weighted by atomic mass is 10.2. The van der Waals surface area contributed by atoms with Gasteiger partial charge in [-0.1, -0.05) is 18.2 Å². The van der Waals surface area contributed by atoms with Crippen molar-refractivity contribution >= 4 is 5.69 Å². The monoisotopic (exact) mass is 261 g/mol. The van der Waals surface area contributed by atoms with Crippen LogP contribution in [0.1, 0.15) is 0 Å². The quantitative estimate of drug-likeness (QED) is 0.871. The van der Waals surface area contributed by atoms with Crippen LogP contribution in [0, 0.1) is 0 Å². The Balaban J connectivity index is 1.46. The van der Waals surface area contributed by atoms with Gasteiger partial charge in [-0.15, -0.1) is 0 Å². The van der Waals surface area contributed by atoms with Gasteiger partial charge < -0.3 is 15.0 Å². The van der Waals surface area contributed by atoms with Crippen molar-refractivity contribution in [3.8, 4) is 0 Å². The molecule has 1 N–H and O–H groups in total. The predicted molar refractivity (Wildman–Crippen MR) is 77.7 cm³/mol. The van der Waals surface area contributed by atoms with E-state index in [1.807, 2.05) is 0 Å². The number of nitrogens with zero attached hydrogens (tertiary/aromatic N) is 2. The Morgan fingerprint density at radius 1 is 1.11 bits per heavy atom. The van der Waals surface area contributed by atoms with E-state index < -0.39 is 0 Å². The number of morpholine rings is 1. The first-order valence-corrected chi connectivity index (χ1v) is 7.26. The van der Waals surface area contributed by atoms with Gasteiger partial charge in [0.05, 0.1) is 12.7 Å². The highest BCUT2D eigenvalue weighted by atomic mass is 16.5. The van der Waals surface area contributed by atoms with Crippen molar-refractivity contribution in [2.24, 2.45) is 0 Å². The van der Waals surface area contributed by atoms with Crippen LogP contribution in [0.25, 0.3) is 0 Å². The Bertz CT molecular complexity index is 370. The van der Waals surface area contributed by atoms with Gasteiger partial charge in [0, 0.05) is 51.5 Å². The number of para-hydroxylation sites is 1. The van der Waals surface area contributed by atoms with Crippen LogP contribution in [-0.2, 0) is 4.74 Å². The molecule has 0 spiro atoms. The second-order valence-corrected chi connectivity index (χ2v) is 5.32. The summed E-state index contributed by atoms with van der Waals surface area (Å²) >= 11 is 0. The lowest BCUT2D eigenvalue weighted by molar-refractivity contribution is 0.00465. The zero-order valence-electron chi connectivity index (χ0n) is 11.4. The molecule has 2 aliphatic rings. The largest absolute Gasteiger partial charge is 0.374 e. The first-order valence-electron chi connectivity index (χ1n) is 7.26. The molecule has 0 saturated carbocycles. The van der Waals surface area contributed by atoms with Crippen molar-refractivity contribution in [3.63, 3.8) is 0 Å². The summed E-state index contributed by atoms with van der Waals surface area (Å²) in [4.78, 5) is 4.99. The van der Waals surface area contributed by atoms with Gasteiger partial charge in [-0.05, 0) is 12.1 Å². The molecular weight excluding hydrogens is 238 g/mol. The van der Waals surface area contributed by atoms with Gasteiger partial charge in [-0.2, -0.15) is 0 Å². The molecule has 4 heteroatoms. The molecule has 104 valence electrons. The maximum Gasteiger partial charge on any atom is 0.0826 e. The second-order valence-electron chi connectivity index (χ2n) is 5.32. The molecule has 2 heterocycles. The molecule has 0 unspecified atom stereocenters. The zero-order chi connectivity index (χ0) is 12.9. The Morgan fingerprint density at radius 3 is 2.58 bits per heavy atom. The molecule has 1 atom stereocenters. The summed E-state index contributed by atoms with van der Waals surface area (Å²) in [5, 5.41) is 3.40. The molecule has 0 bridgehead atoms. The minimum atomic E-state index is 0.372. The van der Waals surface area contributed by atoms with Crippen molar-refractivity contribution in [2.75, 3.05) is 57.3 Å². The van der Waals surface area contributed by atoms with Crippen molar-refractivity contribution in [1.29, 1.82) is 0 Å². The summed E-state index contributed by atoms with van der Waals surface area (Å²) in [5.41, 5.74) is 1.35. The zero-order valence-corrected chi connectivity index (χ0v) is 11.4. The molecular formula is C15H23N3O. The Hall–Kier alpha value is -1.10. The number of hydrogen-bond donors (Lipinski definition) is 1. The van der Waals surface area contributed by atoms with Gasteiger partial charge >= 0.3 is 0 Å². The molecule has 0 aromatic heterocycles. The summed E-state index contributed by atoms with van der Waals surface area (Å²) in [6, 6.07) is 10.7. The fourth-order valence-corrected chi connectivity index (χ4v) is 2.85. The predicted octanol–water partition coefficient (Wildman–Crippen LogP) is 0.797. The molecule has 1 aromatic rings. The van der Waals surface area contributed by atoms with Gasteiger partial charge in [0.25, 0.3) is 0 Å². The molecule has 3 rings (SSSR count). The van der Waals surface area contributed by atoms with Crippen LogP contribution in [0.3, 0.4) is 0 Å². The highest BCUT2D eigenvalue weighted by Gasteiger charge is 2.21. The van der Waals surface area contributed by atoms with E-state index in [0.29, 0.717) is 6.10 Å². The molecule has 19 heavy (non-hydrogen) atoms. The summed E-state index contributed by atoms with van der Waals surface area (Å²) in [5.74, 6) is 0. The number of benzene rings is 1. The molecule has 2 saturated heterocycles. The number of hydrogen-bond acceptors (Lipinski definition) is 4. The fourth-order valence-electron chi connectivity index (χ4n) is 2.85.